The fourth-order valence-corrected chi connectivity index (χ4v) is 3.25. The van der Waals surface area contributed by atoms with Gasteiger partial charge in [-0.1, -0.05) is 31.8 Å². The van der Waals surface area contributed by atoms with Gasteiger partial charge >= 0.3 is 0 Å². The minimum absolute atomic E-state index is 0.0505. The van der Waals surface area contributed by atoms with Crippen LogP contribution in [-0.2, 0) is 16.9 Å². The van der Waals surface area contributed by atoms with Gasteiger partial charge in [0, 0.05) is 0 Å². The van der Waals surface area contributed by atoms with Crippen molar-refractivity contribution in [3.63, 3.8) is 0 Å². The van der Waals surface area contributed by atoms with Crippen LogP contribution in [0.1, 0.15) is 58.2 Å². The van der Waals surface area contributed by atoms with Crippen molar-refractivity contribution < 1.29 is 9.32 Å². The highest BCUT2D eigenvalue weighted by Gasteiger charge is 2.42. The normalized spacial score (nSPS) is 18.3. The van der Waals surface area contributed by atoms with E-state index in [9.17, 15) is 4.79 Å². The van der Waals surface area contributed by atoms with E-state index in [4.69, 9.17) is 4.52 Å². The smallest absolute Gasteiger partial charge is 0.240 e. The second kappa shape index (κ2) is 8.15. The Balaban J connectivity index is 2.15. The molecule has 1 atom stereocenters. The van der Waals surface area contributed by atoms with E-state index >= 15 is 0 Å². The lowest BCUT2D eigenvalue weighted by molar-refractivity contribution is -0.122. The molecule has 0 spiro atoms. The van der Waals surface area contributed by atoms with Gasteiger partial charge in [-0.25, -0.2) is 0 Å². The van der Waals surface area contributed by atoms with Gasteiger partial charge in [0.15, 0.2) is 5.82 Å². The second-order valence-electron chi connectivity index (χ2n) is 6.13. The van der Waals surface area contributed by atoms with Crippen LogP contribution < -0.4 is 5.32 Å². The SMILES string of the molecule is CCN(CC)Cc1nc(C2(NC(=O)C(C)SC)CCCC2)no1. The molecule has 2 rings (SSSR count). The zero-order valence-electron chi connectivity index (χ0n) is 14.6. The molecule has 6 nitrogen and oxygen atoms in total. The minimum Gasteiger partial charge on any atom is -0.342 e. The zero-order valence-corrected chi connectivity index (χ0v) is 15.4. The number of hydrogen-bond donors (Lipinski definition) is 1. The van der Waals surface area contributed by atoms with Gasteiger partial charge in [-0.05, 0) is 39.1 Å². The molecule has 0 bridgehead atoms. The third-order valence-electron chi connectivity index (χ3n) is 4.69. The van der Waals surface area contributed by atoms with Crippen molar-refractivity contribution >= 4 is 17.7 Å². The maximum absolute atomic E-state index is 12.4. The van der Waals surface area contributed by atoms with Gasteiger partial charge < -0.3 is 9.84 Å². The Morgan fingerprint density at radius 3 is 2.61 bits per heavy atom. The lowest BCUT2D eigenvalue weighted by Crippen LogP contribution is -2.47. The first-order valence-corrected chi connectivity index (χ1v) is 9.73. The van der Waals surface area contributed by atoms with E-state index in [1.807, 2.05) is 13.2 Å². The molecule has 1 aromatic heterocycles. The number of carbonyl (C=O) groups is 1. The first-order chi connectivity index (χ1) is 11.0. The predicted octanol–water partition coefficient (Wildman–Crippen LogP) is 2.55. The summed E-state index contributed by atoms with van der Waals surface area (Å²) in [6.45, 7) is 8.70. The second-order valence-corrected chi connectivity index (χ2v) is 7.31. The van der Waals surface area contributed by atoms with Crippen molar-refractivity contribution in [2.75, 3.05) is 19.3 Å². The van der Waals surface area contributed by atoms with Crippen LogP contribution in [0.2, 0.25) is 0 Å². The van der Waals surface area contributed by atoms with E-state index in [1.54, 1.807) is 11.8 Å². The third-order valence-corrected chi connectivity index (χ3v) is 5.61. The summed E-state index contributed by atoms with van der Waals surface area (Å²) in [4.78, 5) is 19.2. The highest BCUT2D eigenvalue weighted by molar-refractivity contribution is 7.99. The average molecular weight is 340 g/mol. The number of amides is 1. The molecule has 7 heteroatoms. The molecule has 23 heavy (non-hydrogen) atoms. The van der Waals surface area contributed by atoms with Crippen molar-refractivity contribution in [2.45, 2.75) is 63.8 Å². The molecule has 1 N–H and O–H groups in total. The summed E-state index contributed by atoms with van der Waals surface area (Å²) in [5, 5.41) is 7.32. The van der Waals surface area contributed by atoms with Gasteiger partial charge in [0.25, 0.3) is 0 Å². The number of hydrogen-bond acceptors (Lipinski definition) is 6. The van der Waals surface area contributed by atoms with E-state index in [0.29, 0.717) is 18.3 Å². The molecule has 0 saturated heterocycles. The van der Waals surface area contributed by atoms with Crippen molar-refractivity contribution in [1.29, 1.82) is 0 Å². The van der Waals surface area contributed by atoms with E-state index in [2.05, 4.69) is 34.2 Å². The zero-order chi connectivity index (χ0) is 16.9. The van der Waals surface area contributed by atoms with Crippen molar-refractivity contribution in [3.8, 4) is 0 Å². The Kier molecular flexibility index (Phi) is 6.47. The number of thioether (sulfide) groups is 1. The van der Waals surface area contributed by atoms with Gasteiger partial charge in [-0.15, -0.1) is 0 Å². The minimum atomic E-state index is -0.452. The molecular formula is C16H28N4O2S. The van der Waals surface area contributed by atoms with Crippen molar-refractivity contribution in [3.05, 3.63) is 11.7 Å². The van der Waals surface area contributed by atoms with Crippen LogP contribution >= 0.6 is 11.8 Å². The van der Waals surface area contributed by atoms with Crippen LogP contribution in [0.15, 0.2) is 4.52 Å². The molecule has 1 amide bonds. The molecule has 0 radical (unpaired) electrons. The standard InChI is InChI=1S/C16H28N4O2S/c1-5-20(6-2)11-13-17-15(19-22-13)16(9-7-8-10-16)18-14(21)12(3)23-4/h12H,5-11H2,1-4H3,(H,18,21). The average Bonchev–Trinajstić information content (AvgIpc) is 3.21. The summed E-state index contributed by atoms with van der Waals surface area (Å²) in [6, 6.07) is 0. The molecule has 1 saturated carbocycles. The molecule has 1 aliphatic carbocycles. The molecule has 130 valence electrons. The molecule has 1 aliphatic rings. The Morgan fingerprint density at radius 1 is 1.39 bits per heavy atom. The largest absolute Gasteiger partial charge is 0.342 e. The molecule has 0 aromatic carbocycles. The first kappa shape index (κ1) is 18.3. The predicted molar refractivity (Wildman–Crippen MR) is 92.2 cm³/mol. The van der Waals surface area contributed by atoms with Crippen molar-refractivity contribution in [1.82, 2.24) is 20.4 Å². The number of nitrogens with zero attached hydrogens (tertiary/aromatic N) is 3. The molecule has 1 aromatic rings. The summed E-state index contributed by atoms with van der Waals surface area (Å²) in [7, 11) is 0. The van der Waals surface area contributed by atoms with E-state index in [1.165, 1.54) is 0 Å². The van der Waals surface area contributed by atoms with Gasteiger partial charge in [-0.2, -0.15) is 16.7 Å². The maximum atomic E-state index is 12.4. The van der Waals surface area contributed by atoms with Crippen LogP contribution in [0, 0.1) is 0 Å². The number of aromatic nitrogens is 2. The maximum Gasteiger partial charge on any atom is 0.240 e. The molecule has 1 fully saturated rings. The van der Waals surface area contributed by atoms with E-state index in [0.717, 1.165) is 38.8 Å². The molecule has 0 aliphatic heterocycles. The summed E-state index contributed by atoms with van der Waals surface area (Å²) in [6.07, 6.45) is 5.86. The number of carbonyl (C=O) groups excluding carboxylic acids is 1. The fourth-order valence-electron chi connectivity index (χ4n) is 2.98. The van der Waals surface area contributed by atoms with Crippen LogP contribution in [0.5, 0.6) is 0 Å². The summed E-state index contributed by atoms with van der Waals surface area (Å²) < 4.78 is 5.45. The molecule has 1 unspecified atom stereocenters. The Hall–Kier alpha value is -1.08. The summed E-state index contributed by atoms with van der Waals surface area (Å²) >= 11 is 1.55. The topological polar surface area (TPSA) is 71.3 Å². The first-order valence-electron chi connectivity index (χ1n) is 8.45. The Morgan fingerprint density at radius 2 is 2.04 bits per heavy atom. The molecule has 1 heterocycles. The number of nitrogens with one attached hydrogen (secondary N) is 1. The van der Waals surface area contributed by atoms with Crippen LogP contribution in [0.4, 0.5) is 0 Å². The lowest BCUT2D eigenvalue weighted by Gasteiger charge is -2.28. The Bertz CT molecular complexity index is 510. The third kappa shape index (κ3) is 4.26. The molecular weight excluding hydrogens is 312 g/mol. The highest BCUT2D eigenvalue weighted by Crippen LogP contribution is 2.37. The monoisotopic (exact) mass is 340 g/mol. The fraction of sp³-hybridized carbons (Fsp3) is 0.812. The van der Waals surface area contributed by atoms with Crippen LogP contribution in [-0.4, -0.2) is 45.5 Å². The van der Waals surface area contributed by atoms with E-state index in [-0.39, 0.29) is 11.2 Å². The van der Waals surface area contributed by atoms with Crippen molar-refractivity contribution in [2.24, 2.45) is 0 Å². The van der Waals surface area contributed by atoms with Gasteiger partial charge in [0.2, 0.25) is 11.8 Å². The van der Waals surface area contributed by atoms with Gasteiger partial charge in [0.1, 0.15) is 5.54 Å². The van der Waals surface area contributed by atoms with Crippen LogP contribution in [0.25, 0.3) is 0 Å². The lowest BCUT2D eigenvalue weighted by atomic mass is 9.96. The van der Waals surface area contributed by atoms with E-state index < -0.39 is 5.54 Å². The summed E-state index contributed by atoms with van der Waals surface area (Å²) in [5.41, 5.74) is -0.452. The number of rotatable bonds is 8. The summed E-state index contributed by atoms with van der Waals surface area (Å²) in [5.74, 6) is 1.32. The quantitative estimate of drug-likeness (QED) is 0.784. The van der Waals surface area contributed by atoms with Crippen LogP contribution in [0.3, 0.4) is 0 Å². The van der Waals surface area contributed by atoms with Gasteiger partial charge in [-0.3, -0.25) is 9.69 Å². The Labute approximate surface area is 142 Å². The highest BCUT2D eigenvalue weighted by atomic mass is 32.2. The van der Waals surface area contributed by atoms with Gasteiger partial charge in [0.05, 0.1) is 11.8 Å².